The lowest BCUT2D eigenvalue weighted by atomic mass is 10.4. The number of amides is 1. The monoisotopic (exact) mass is 209 g/mol. The predicted octanol–water partition coefficient (Wildman–Crippen LogP) is 0.421. The smallest absolute Gasteiger partial charge is 0.222 e. The first-order chi connectivity index (χ1) is 7.27. The van der Waals surface area contributed by atoms with Crippen LogP contribution in [0.3, 0.4) is 0 Å². The van der Waals surface area contributed by atoms with Crippen molar-refractivity contribution >= 4 is 5.91 Å². The summed E-state index contributed by atoms with van der Waals surface area (Å²) >= 11 is 0. The summed E-state index contributed by atoms with van der Waals surface area (Å²) < 4.78 is 7.17. The Hall–Kier alpha value is -1.52. The summed E-state index contributed by atoms with van der Waals surface area (Å²) in [6.45, 7) is 2.07. The highest BCUT2D eigenvalue weighted by Gasteiger charge is 2.19. The minimum atomic E-state index is 0.239. The van der Waals surface area contributed by atoms with E-state index in [2.05, 4.69) is 5.10 Å². The zero-order valence-corrected chi connectivity index (χ0v) is 8.85. The summed E-state index contributed by atoms with van der Waals surface area (Å²) in [7, 11) is 1.83. The van der Waals surface area contributed by atoms with Crippen LogP contribution in [0.15, 0.2) is 12.3 Å². The topological polar surface area (TPSA) is 47.4 Å². The van der Waals surface area contributed by atoms with Crippen molar-refractivity contribution in [1.29, 1.82) is 0 Å². The van der Waals surface area contributed by atoms with Gasteiger partial charge in [-0.15, -0.1) is 0 Å². The number of nitrogens with zero attached hydrogens (tertiary/aromatic N) is 3. The zero-order valence-electron chi connectivity index (χ0n) is 8.85. The highest BCUT2D eigenvalue weighted by molar-refractivity contribution is 5.78. The summed E-state index contributed by atoms with van der Waals surface area (Å²) in [6, 6.07) is 1.81. The van der Waals surface area contributed by atoms with Crippen molar-refractivity contribution < 1.29 is 9.53 Å². The van der Waals surface area contributed by atoms with Crippen LogP contribution in [0.4, 0.5) is 0 Å². The largest absolute Gasteiger partial charge is 0.476 e. The number of hydrogen-bond donors (Lipinski definition) is 0. The van der Waals surface area contributed by atoms with Gasteiger partial charge in [-0.1, -0.05) is 0 Å². The van der Waals surface area contributed by atoms with Crippen LogP contribution in [0.2, 0.25) is 0 Å². The maximum absolute atomic E-state index is 11.3. The molecule has 0 spiro atoms. The second-order valence-corrected chi connectivity index (χ2v) is 3.63. The molecule has 5 heteroatoms. The molecule has 0 atom stereocenters. The number of carbonyl (C=O) groups excluding carboxylic acids is 1. The van der Waals surface area contributed by atoms with Gasteiger partial charge in [-0.2, -0.15) is 5.10 Å². The minimum Gasteiger partial charge on any atom is -0.476 e. The summed E-state index contributed by atoms with van der Waals surface area (Å²) in [6.07, 6.45) is 3.35. The van der Waals surface area contributed by atoms with Gasteiger partial charge in [0.2, 0.25) is 11.8 Å². The van der Waals surface area contributed by atoms with Gasteiger partial charge in [-0.3, -0.25) is 4.79 Å². The van der Waals surface area contributed by atoms with Crippen LogP contribution >= 0.6 is 0 Å². The Morgan fingerprint density at radius 3 is 3.07 bits per heavy atom. The second kappa shape index (κ2) is 4.33. The highest BCUT2D eigenvalue weighted by atomic mass is 16.5. The number of rotatable bonds is 4. The van der Waals surface area contributed by atoms with Gasteiger partial charge in [0.25, 0.3) is 0 Å². The first-order valence-electron chi connectivity index (χ1n) is 5.16. The number of carbonyl (C=O) groups is 1. The van der Waals surface area contributed by atoms with Crippen LogP contribution in [0.25, 0.3) is 0 Å². The Bertz CT molecular complexity index is 348. The molecule has 0 aliphatic carbocycles. The Morgan fingerprint density at radius 1 is 1.60 bits per heavy atom. The fourth-order valence-electron chi connectivity index (χ4n) is 1.70. The van der Waals surface area contributed by atoms with Gasteiger partial charge in [0, 0.05) is 26.1 Å². The molecule has 0 aromatic carbocycles. The van der Waals surface area contributed by atoms with Crippen LogP contribution < -0.4 is 4.74 Å². The Kier molecular flexibility index (Phi) is 2.89. The molecule has 2 heterocycles. The quantitative estimate of drug-likeness (QED) is 0.722. The third kappa shape index (κ3) is 2.29. The average Bonchev–Trinajstić information content (AvgIpc) is 2.78. The molecule has 2 rings (SSSR count). The maximum atomic E-state index is 11.3. The Balaban J connectivity index is 1.75. The predicted molar refractivity (Wildman–Crippen MR) is 54.5 cm³/mol. The van der Waals surface area contributed by atoms with Gasteiger partial charge in [-0.05, 0) is 6.42 Å². The van der Waals surface area contributed by atoms with E-state index in [0.29, 0.717) is 19.6 Å². The van der Waals surface area contributed by atoms with E-state index < -0.39 is 0 Å². The first-order valence-corrected chi connectivity index (χ1v) is 5.16. The summed E-state index contributed by atoms with van der Waals surface area (Å²) in [5.74, 6) is 0.977. The lowest BCUT2D eigenvalue weighted by Crippen LogP contribution is -2.29. The highest BCUT2D eigenvalue weighted by Crippen LogP contribution is 2.10. The molecule has 1 aliphatic heterocycles. The lowest BCUT2D eigenvalue weighted by Gasteiger charge is -2.15. The summed E-state index contributed by atoms with van der Waals surface area (Å²) in [5, 5.41) is 3.99. The van der Waals surface area contributed by atoms with Crippen LogP contribution in [0.5, 0.6) is 5.88 Å². The van der Waals surface area contributed by atoms with Crippen LogP contribution in [-0.4, -0.2) is 40.3 Å². The van der Waals surface area contributed by atoms with Crippen molar-refractivity contribution in [2.24, 2.45) is 7.05 Å². The van der Waals surface area contributed by atoms with Gasteiger partial charge in [-0.25, -0.2) is 4.68 Å². The molecule has 1 amide bonds. The van der Waals surface area contributed by atoms with E-state index in [1.54, 1.807) is 10.9 Å². The molecule has 0 N–H and O–H groups in total. The van der Waals surface area contributed by atoms with Crippen LogP contribution in [0, 0.1) is 0 Å². The van der Waals surface area contributed by atoms with E-state index in [-0.39, 0.29) is 5.91 Å². The first kappa shape index (κ1) is 10.0. The average molecular weight is 209 g/mol. The molecule has 0 bridgehead atoms. The number of ether oxygens (including phenoxy) is 1. The van der Waals surface area contributed by atoms with Crippen molar-refractivity contribution in [3.63, 3.8) is 0 Å². The maximum Gasteiger partial charge on any atom is 0.222 e. The molecule has 1 saturated heterocycles. The molecule has 1 aliphatic rings. The Labute approximate surface area is 88.6 Å². The van der Waals surface area contributed by atoms with E-state index in [1.807, 2.05) is 18.0 Å². The molecule has 1 aromatic rings. The van der Waals surface area contributed by atoms with E-state index >= 15 is 0 Å². The molecule has 0 saturated carbocycles. The van der Waals surface area contributed by atoms with Gasteiger partial charge in [0.05, 0.1) is 12.7 Å². The standard InChI is InChI=1S/C10H15N3O2/c1-12-10(4-5-11-12)15-8-7-13-6-2-3-9(13)14/h4-5H,2-3,6-8H2,1H3. The minimum absolute atomic E-state index is 0.239. The molecule has 82 valence electrons. The molecule has 1 aromatic heterocycles. The van der Waals surface area contributed by atoms with Crippen molar-refractivity contribution in [2.45, 2.75) is 12.8 Å². The lowest BCUT2D eigenvalue weighted by molar-refractivity contribution is -0.128. The van der Waals surface area contributed by atoms with Crippen molar-refractivity contribution in [1.82, 2.24) is 14.7 Å². The molecule has 15 heavy (non-hydrogen) atoms. The normalized spacial score (nSPS) is 16.1. The van der Waals surface area contributed by atoms with Gasteiger partial charge in [0.1, 0.15) is 6.61 Å². The third-order valence-corrected chi connectivity index (χ3v) is 2.56. The van der Waals surface area contributed by atoms with Gasteiger partial charge in [0.15, 0.2) is 0 Å². The van der Waals surface area contributed by atoms with Crippen molar-refractivity contribution in [3.8, 4) is 5.88 Å². The van der Waals surface area contributed by atoms with Crippen LogP contribution in [-0.2, 0) is 11.8 Å². The van der Waals surface area contributed by atoms with Crippen molar-refractivity contribution in [3.05, 3.63) is 12.3 Å². The van der Waals surface area contributed by atoms with E-state index in [1.165, 1.54) is 0 Å². The number of aromatic nitrogens is 2. The zero-order chi connectivity index (χ0) is 10.7. The molecule has 1 fully saturated rings. The van der Waals surface area contributed by atoms with Gasteiger partial charge >= 0.3 is 0 Å². The fourth-order valence-corrected chi connectivity index (χ4v) is 1.70. The molecule has 5 nitrogen and oxygen atoms in total. The number of likely N-dealkylation sites (tertiary alicyclic amines) is 1. The fraction of sp³-hybridized carbons (Fsp3) is 0.600. The van der Waals surface area contributed by atoms with E-state index in [0.717, 1.165) is 18.8 Å². The summed E-state index contributed by atoms with van der Waals surface area (Å²) in [5.41, 5.74) is 0. The molecular formula is C10H15N3O2. The Morgan fingerprint density at radius 2 is 2.47 bits per heavy atom. The van der Waals surface area contributed by atoms with Gasteiger partial charge < -0.3 is 9.64 Å². The number of hydrogen-bond acceptors (Lipinski definition) is 3. The molecule has 0 radical (unpaired) electrons. The van der Waals surface area contributed by atoms with E-state index in [4.69, 9.17) is 4.74 Å². The van der Waals surface area contributed by atoms with E-state index in [9.17, 15) is 4.79 Å². The van der Waals surface area contributed by atoms with Crippen LogP contribution in [0.1, 0.15) is 12.8 Å². The SMILES string of the molecule is Cn1nccc1OCCN1CCCC1=O. The molecule has 0 unspecified atom stereocenters. The van der Waals surface area contributed by atoms with Crippen molar-refractivity contribution in [2.75, 3.05) is 19.7 Å². The number of aryl methyl sites for hydroxylation is 1. The summed E-state index contributed by atoms with van der Waals surface area (Å²) in [4.78, 5) is 13.1. The third-order valence-electron chi connectivity index (χ3n) is 2.56. The second-order valence-electron chi connectivity index (χ2n) is 3.63. The molecular weight excluding hydrogens is 194 g/mol.